The van der Waals surface area contributed by atoms with Crippen molar-refractivity contribution < 1.29 is 14.3 Å². The van der Waals surface area contributed by atoms with Crippen molar-refractivity contribution in [3.05, 3.63) is 62.5 Å². The number of carbonyl (C=O) groups excluding carboxylic acids is 2. The predicted molar refractivity (Wildman–Crippen MR) is 98.4 cm³/mol. The quantitative estimate of drug-likeness (QED) is 0.572. The standard InChI is InChI=1S/C17H12Br2N2O3/c1-24-15-7-4-12(19)8-10(15)9-14-16(22)20-21(17(14)23)13-5-2-11(18)3-6-13/h2-9H,1H3,(H,20,22). The molecule has 0 aliphatic carbocycles. The molecule has 2 aromatic carbocycles. The van der Waals surface area contributed by atoms with Crippen molar-refractivity contribution in [2.75, 3.05) is 12.1 Å². The number of anilines is 1. The minimum Gasteiger partial charge on any atom is -0.496 e. The minimum absolute atomic E-state index is 0.0503. The Morgan fingerprint density at radius 3 is 2.38 bits per heavy atom. The highest BCUT2D eigenvalue weighted by Gasteiger charge is 2.34. The number of hydrogen-bond acceptors (Lipinski definition) is 3. The van der Waals surface area contributed by atoms with Crippen molar-refractivity contribution in [1.29, 1.82) is 0 Å². The van der Waals surface area contributed by atoms with Gasteiger partial charge in [-0.2, -0.15) is 0 Å². The van der Waals surface area contributed by atoms with E-state index in [2.05, 4.69) is 37.3 Å². The summed E-state index contributed by atoms with van der Waals surface area (Å²) in [7, 11) is 1.54. The first-order chi connectivity index (χ1) is 11.5. The maximum absolute atomic E-state index is 12.6. The van der Waals surface area contributed by atoms with Gasteiger partial charge in [-0.3, -0.25) is 15.0 Å². The maximum atomic E-state index is 12.6. The summed E-state index contributed by atoms with van der Waals surface area (Å²) in [5, 5.41) is 1.23. The highest BCUT2D eigenvalue weighted by Crippen LogP contribution is 2.28. The molecule has 3 rings (SSSR count). The Balaban J connectivity index is 1.97. The van der Waals surface area contributed by atoms with Crippen LogP contribution in [0.25, 0.3) is 6.08 Å². The second-order valence-electron chi connectivity index (χ2n) is 5.00. The molecule has 7 heteroatoms. The molecule has 0 unspecified atom stereocenters. The number of nitrogens with zero attached hydrogens (tertiary/aromatic N) is 1. The number of methoxy groups -OCH3 is 1. The van der Waals surface area contributed by atoms with Crippen LogP contribution in [-0.2, 0) is 9.59 Å². The molecule has 0 aromatic heterocycles. The molecule has 0 atom stereocenters. The number of halogens is 2. The summed E-state index contributed by atoms with van der Waals surface area (Å²) in [4.78, 5) is 24.8. The topological polar surface area (TPSA) is 58.6 Å². The second kappa shape index (κ2) is 6.78. The van der Waals surface area contributed by atoms with Crippen molar-refractivity contribution >= 4 is 55.4 Å². The molecule has 1 N–H and O–H groups in total. The fraction of sp³-hybridized carbons (Fsp3) is 0.0588. The lowest BCUT2D eigenvalue weighted by molar-refractivity contribution is -0.117. The van der Waals surface area contributed by atoms with Crippen molar-refractivity contribution in [1.82, 2.24) is 5.43 Å². The summed E-state index contributed by atoms with van der Waals surface area (Å²) < 4.78 is 6.99. The number of hydrazine groups is 1. The zero-order valence-electron chi connectivity index (χ0n) is 12.5. The Bertz CT molecular complexity index is 847. The van der Waals surface area contributed by atoms with Gasteiger partial charge in [0.1, 0.15) is 11.3 Å². The maximum Gasteiger partial charge on any atom is 0.282 e. The summed E-state index contributed by atoms with van der Waals surface area (Å²) in [5.41, 5.74) is 3.85. The highest BCUT2D eigenvalue weighted by molar-refractivity contribution is 9.10. The molecule has 1 saturated heterocycles. The number of amides is 2. The molecule has 5 nitrogen and oxygen atoms in total. The summed E-state index contributed by atoms with van der Waals surface area (Å²) >= 11 is 6.71. The Labute approximate surface area is 155 Å². The van der Waals surface area contributed by atoms with Crippen molar-refractivity contribution in [3.8, 4) is 5.75 Å². The lowest BCUT2D eigenvalue weighted by Gasteiger charge is -2.14. The van der Waals surface area contributed by atoms with Gasteiger partial charge in [0.15, 0.2) is 0 Å². The van der Waals surface area contributed by atoms with Gasteiger partial charge < -0.3 is 4.74 Å². The number of hydrogen-bond donors (Lipinski definition) is 1. The normalized spacial score (nSPS) is 15.8. The molecule has 0 saturated carbocycles. The molecule has 0 radical (unpaired) electrons. The lowest BCUT2D eigenvalue weighted by Crippen LogP contribution is -2.35. The van der Waals surface area contributed by atoms with Crippen LogP contribution in [0.2, 0.25) is 0 Å². The number of carbonyl (C=O) groups is 2. The Hall–Kier alpha value is -2.12. The SMILES string of the molecule is COc1ccc(Br)cc1C=C1C(=O)NN(c2ccc(Br)cc2)C1=O. The van der Waals surface area contributed by atoms with Gasteiger partial charge in [-0.05, 0) is 48.5 Å². The van der Waals surface area contributed by atoms with Crippen LogP contribution in [-0.4, -0.2) is 18.9 Å². The number of benzene rings is 2. The van der Waals surface area contributed by atoms with Crippen molar-refractivity contribution in [3.63, 3.8) is 0 Å². The van der Waals surface area contributed by atoms with E-state index >= 15 is 0 Å². The highest BCUT2D eigenvalue weighted by atomic mass is 79.9. The van der Waals surface area contributed by atoms with Gasteiger partial charge in [0, 0.05) is 14.5 Å². The van der Waals surface area contributed by atoms with Gasteiger partial charge in [-0.15, -0.1) is 0 Å². The molecule has 0 bridgehead atoms. The molecule has 2 amide bonds. The fourth-order valence-electron chi connectivity index (χ4n) is 2.30. The first kappa shape index (κ1) is 16.7. The van der Waals surface area contributed by atoms with E-state index in [0.717, 1.165) is 8.95 Å². The summed E-state index contributed by atoms with van der Waals surface area (Å²) in [6.45, 7) is 0. The van der Waals surface area contributed by atoms with E-state index in [1.54, 1.807) is 36.4 Å². The van der Waals surface area contributed by atoms with Crippen LogP contribution in [0, 0.1) is 0 Å². The third-order valence-electron chi connectivity index (χ3n) is 3.47. The minimum atomic E-state index is -0.454. The summed E-state index contributed by atoms with van der Waals surface area (Å²) in [5.74, 6) is -0.289. The fourth-order valence-corrected chi connectivity index (χ4v) is 2.95. The van der Waals surface area contributed by atoms with Gasteiger partial charge in [-0.1, -0.05) is 31.9 Å². The first-order valence-corrected chi connectivity index (χ1v) is 8.54. The van der Waals surface area contributed by atoms with Crippen LogP contribution in [0.5, 0.6) is 5.75 Å². The Morgan fingerprint density at radius 2 is 1.71 bits per heavy atom. The predicted octanol–water partition coefficient (Wildman–Crippen LogP) is 3.68. The van der Waals surface area contributed by atoms with Gasteiger partial charge in [0.25, 0.3) is 11.8 Å². The van der Waals surface area contributed by atoms with Gasteiger partial charge in [-0.25, -0.2) is 5.01 Å². The summed E-state index contributed by atoms with van der Waals surface area (Å²) in [6, 6.07) is 12.5. The van der Waals surface area contributed by atoms with E-state index in [-0.39, 0.29) is 5.57 Å². The van der Waals surface area contributed by atoms with Crippen LogP contribution < -0.4 is 15.2 Å². The molecule has 1 aliphatic heterocycles. The average Bonchev–Trinajstić information content (AvgIpc) is 2.84. The molecular weight excluding hydrogens is 440 g/mol. The Morgan fingerprint density at radius 1 is 1.04 bits per heavy atom. The van der Waals surface area contributed by atoms with E-state index in [1.807, 2.05) is 6.07 Å². The molecule has 2 aromatic rings. The largest absolute Gasteiger partial charge is 0.496 e. The van der Waals surface area contributed by atoms with Crippen molar-refractivity contribution in [2.45, 2.75) is 0 Å². The molecule has 1 heterocycles. The van der Waals surface area contributed by atoms with E-state index in [1.165, 1.54) is 18.2 Å². The molecule has 122 valence electrons. The van der Waals surface area contributed by atoms with Crippen LogP contribution in [0.1, 0.15) is 5.56 Å². The van der Waals surface area contributed by atoms with Gasteiger partial charge in [0.05, 0.1) is 12.8 Å². The van der Waals surface area contributed by atoms with Crippen LogP contribution >= 0.6 is 31.9 Å². The van der Waals surface area contributed by atoms with E-state index in [4.69, 9.17) is 4.74 Å². The van der Waals surface area contributed by atoms with Crippen LogP contribution in [0.3, 0.4) is 0 Å². The number of rotatable bonds is 3. The van der Waals surface area contributed by atoms with E-state index in [0.29, 0.717) is 17.0 Å². The molecule has 0 spiro atoms. The third-order valence-corrected chi connectivity index (χ3v) is 4.49. The zero-order valence-corrected chi connectivity index (χ0v) is 15.7. The van der Waals surface area contributed by atoms with Gasteiger partial charge >= 0.3 is 0 Å². The lowest BCUT2D eigenvalue weighted by atomic mass is 10.1. The van der Waals surface area contributed by atoms with Crippen LogP contribution in [0.4, 0.5) is 5.69 Å². The van der Waals surface area contributed by atoms with Crippen LogP contribution in [0.15, 0.2) is 57.0 Å². The average molecular weight is 452 g/mol. The second-order valence-corrected chi connectivity index (χ2v) is 6.83. The monoisotopic (exact) mass is 450 g/mol. The van der Waals surface area contributed by atoms with Crippen molar-refractivity contribution in [2.24, 2.45) is 0 Å². The number of ether oxygens (including phenoxy) is 1. The zero-order chi connectivity index (χ0) is 17.3. The number of nitrogens with one attached hydrogen (secondary N) is 1. The van der Waals surface area contributed by atoms with Gasteiger partial charge in [0.2, 0.25) is 0 Å². The third kappa shape index (κ3) is 3.22. The smallest absolute Gasteiger partial charge is 0.282 e. The Kier molecular flexibility index (Phi) is 4.73. The molecule has 1 fully saturated rings. The summed E-state index contributed by atoms with van der Waals surface area (Å²) in [6.07, 6.45) is 1.53. The van der Waals surface area contributed by atoms with E-state index < -0.39 is 11.8 Å². The first-order valence-electron chi connectivity index (χ1n) is 6.96. The van der Waals surface area contributed by atoms with E-state index in [9.17, 15) is 9.59 Å². The molecular formula is C17H12Br2N2O3. The molecule has 24 heavy (non-hydrogen) atoms. The molecule has 1 aliphatic rings.